The Morgan fingerprint density at radius 3 is 2.82 bits per heavy atom. The van der Waals surface area contributed by atoms with Crippen LogP contribution in [0.5, 0.6) is 0 Å². The average molecular weight is 458 g/mol. The third-order valence-electron chi connectivity index (χ3n) is 6.52. The van der Waals surface area contributed by atoms with Gasteiger partial charge in [-0.15, -0.1) is 0 Å². The number of benzene rings is 2. The van der Waals surface area contributed by atoms with E-state index in [9.17, 15) is 9.50 Å². The summed E-state index contributed by atoms with van der Waals surface area (Å²) in [6.07, 6.45) is 3.61. The number of rotatable bonds is 6. The van der Waals surface area contributed by atoms with Crippen LogP contribution in [-0.4, -0.2) is 35.9 Å². The van der Waals surface area contributed by atoms with Gasteiger partial charge in [-0.25, -0.2) is 19.0 Å². The maximum absolute atomic E-state index is 13.9. The fourth-order valence-corrected chi connectivity index (χ4v) is 4.62. The fraction of sp³-hybridized carbons (Fsp3) is 0.240. The number of nitrogen functional groups attached to an aromatic ring is 1. The molecule has 4 N–H and O–H groups in total. The van der Waals surface area contributed by atoms with Gasteiger partial charge >= 0.3 is 0 Å². The van der Waals surface area contributed by atoms with Crippen LogP contribution in [0, 0.1) is 5.82 Å². The molecule has 6 rings (SSSR count). The molecule has 3 aromatic heterocycles. The van der Waals surface area contributed by atoms with Crippen LogP contribution in [-0.2, 0) is 11.3 Å². The zero-order valence-electron chi connectivity index (χ0n) is 18.2. The Balaban J connectivity index is 1.29. The molecule has 2 aromatic carbocycles. The largest absolute Gasteiger partial charge is 0.383 e. The zero-order chi connectivity index (χ0) is 23.2. The summed E-state index contributed by atoms with van der Waals surface area (Å²) in [5, 5.41) is 17.1. The van der Waals surface area contributed by atoms with Crippen LogP contribution >= 0.6 is 0 Å². The molecule has 0 amide bonds. The molecule has 0 radical (unpaired) electrons. The summed E-state index contributed by atoms with van der Waals surface area (Å²) in [5.74, 6) is -0.137. The summed E-state index contributed by atoms with van der Waals surface area (Å²) in [5.41, 5.74) is 9.49. The second kappa shape index (κ2) is 8.19. The minimum atomic E-state index is -1.13. The van der Waals surface area contributed by atoms with Gasteiger partial charge in [0.2, 0.25) is 0 Å². The molecule has 0 spiro atoms. The standard InChI is InChI=1S/C25H23FN6O2/c26-15-6-7-20-18(8-15)19(11-28-20)23(33)22-21-24(27)29-13-30-25(21)32(31-22)16-9-17(10-16)34-12-14-4-2-1-3-5-14/h1-8,11,13,16-17,23,28,33H,9-10,12H2,(H2,27,29,30)/t16-,17-,23?. The van der Waals surface area contributed by atoms with E-state index < -0.39 is 6.10 Å². The lowest BCUT2D eigenvalue weighted by Crippen LogP contribution is -2.34. The number of hydrogen-bond donors (Lipinski definition) is 3. The van der Waals surface area contributed by atoms with Gasteiger partial charge in [-0.2, -0.15) is 5.10 Å². The number of aromatic nitrogens is 5. The van der Waals surface area contributed by atoms with Crippen LogP contribution in [0.2, 0.25) is 0 Å². The molecule has 1 fully saturated rings. The van der Waals surface area contributed by atoms with Crippen molar-refractivity contribution in [1.29, 1.82) is 0 Å². The van der Waals surface area contributed by atoms with Gasteiger partial charge in [0.05, 0.1) is 24.1 Å². The Kier molecular flexibility index (Phi) is 5.00. The molecule has 1 aliphatic carbocycles. The van der Waals surface area contributed by atoms with E-state index in [2.05, 4.69) is 15.0 Å². The summed E-state index contributed by atoms with van der Waals surface area (Å²) in [4.78, 5) is 11.6. The number of anilines is 1. The highest BCUT2D eigenvalue weighted by atomic mass is 19.1. The van der Waals surface area contributed by atoms with E-state index in [1.807, 2.05) is 35.0 Å². The number of nitrogens with zero attached hydrogens (tertiary/aromatic N) is 4. The van der Waals surface area contributed by atoms with Crippen molar-refractivity contribution in [2.24, 2.45) is 0 Å². The van der Waals surface area contributed by atoms with E-state index in [-0.39, 0.29) is 23.8 Å². The number of hydrogen-bond acceptors (Lipinski definition) is 6. The molecule has 8 nitrogen and oxygen atoms in total. The Bertz CT molecular complexity index is 1480. The van der Waals surface area contributed by atoms with Crippen molar-refractivity contribution < 1.29 is 14.2 Å². The van der Waals surface area contributed by atoms with Crippen LogP contribution in [0.3, 0.4) is 0 Å². The Hall–Kier alpha value is -3.82. The maximum Gasteiger partial charge on any atom is 0.163 e. The maximum atomic E-state index is 13.9. The summed E-state index contributed by atoms with van der Waals surface area (Å²) in [6.45, 7) is 0.564. The Morgan fingerprint density at radius 2 is 2.00 bits per heavy atom. The monoisotopic (exact) mass is 458 g/mol. The second-order valence-corrected chi connectivity index (χ2v) is 8.67. The molecule has 9 heteroatoms. The van der Waals surface area contributed by atoms with E-state index in [1.165, 1.54) is 18.5 Å². The third-order valence-corrected chi connectivity index (χ3v) is 6.52. The molecule has 1 saturated carbocycles. The smallest absolute Gasteiger partial charge is 0.163 e. The minimum Gasteiger partial charge on any atom is -0.383 e. The number of nitrogens with two attached hydrogens (primary N) is 1. The first kappa shape index (κ1) is 20.8. The fourth-order valence-electron chi connectivity index (χ4n) is 4.62. The van der Waals surface area contributed by atoms with E-state index in [0.717, 1.165) is 23.9 Å². The molecule has 1 aliphatic rings. The van der Waals surface area contributed by atoms with Crippen molar-refractivity contribution in [3.8, 4) is 0 Å². The summed E-state index contributed by atoms with van der Waals surface area (Å²) >= 11 is 0. The summed E-state index contributed by atoms with van der Waals surface area (Å²) in [7, 11) is 0. The lowest BCUT2D eigenvalue weighted by molar-refractivity contribution is -0.0376. The van der Waals surface area contributed by atoms with E-state index in [1.54, 1.807) is 12.3 Å². The summed E-state index contributed by atoms with van der Waals surface area (Å²) < 4.78 is 21.7. The van der Waals surface area contributed by atoms with Crippen molar-refractivity contribution in [2.45, 2.75) is 37.7 Å². The number of aromatic amines is 1. The van der Waals surface area contributed by atoms with Gasteiger partial charge < -0.3 is 20.6 Å². The van der Waals surface area contributed by atoms with Gasteiger partial charge in [0.25, 0.3) is 0 Å². The molecule has 0 bridgehead atoms. The molecule has 3 heterocycles. The van der Waals surface area contributed by atoms with Gasteiger partial charge in [-0.05, 0) is 36.6 Å². The number of aliphatic hydroxyl groups excluding tert-OH is 1. The predicted molar refractivity (Wildman–Crippen MR) is 125 cm³/mol. The minimum absolute atomic E-state index is 0.0685. The van der Waals surface area contributed by atoms with Gasteiger partial charge in [-0.1, -0.05) is 30.3 Å². The average Bonchev–Trinajstić information content (AvgIpc) is 3.41. The van der Waals surface area contributed by atoms with Crippen molar-refractivity contribution in [3.05, 3.63) is 83.7 Å². The number of H-pyrrole nitrogens is 1. The van der Waals surface area contributed by atoms with Crippen LogP contribution < -0.4 is 5.73 Å². The molecule has 1 unspecified atom stereocenters. The van der Waals surface area contributed by atoms with E-state index >= 15 is 0 Å². The Morgan fingerprint density at radius 1 is 1.18 bits per heavy atom. The van der Waals surface area contributed by atoms with Gasteiger partial charge in [0.15, 0.2) is 5.65 Å². The molecular weight excluding hydrogens is 435 g/mol. The first-order valence-corrected chi connectivity index (χ1v) is 11.2. The number of aliphatic hydroxyl groups is 1. The van der Waals surface area contributed by atoms with Crippen LogP contribution in [0.4, 0.5) is 10.2 Å². The Labute approximate surface area is 194 Å². The number of ether oxygens (including phenoxy) is 1. The molecule has 172 valence electrons. The molecular formula is C25H23FN6O2. The lowest BCUT2D eigenvalue weighted by Gasteiger charge is -2.35. The topological polar surface area (TPSA) is 115 Å². The number of nitrogens with one attached hydrogen (secondary N) is 1. The third kappa shape index (κ3) is 3.49. The van der Waals surface area contributed by atoms with Crippen molar-refractivity contribution in [2.75, 3.05) is 5.73 Å². The molecule has 1 atom stereocenters. The van der Waals surface area contributed by atoms with Crippen molar-refractivity contribution in [3.63, 3.8) is 0 Å². The SMILES string of the molecule is Nc1ncnc2c1c(C(O)c1c[nH]c3ccc(F)cc13)nn2[C@H]1C[C@H](OCc2ccccc2)C1. The van der Waals surface area contributed by atoms with Crippen molar-refractivity contribution in [1.82, 2.24) is 24.7 Å². The predicted octanol–water partition coefficient (Wildman–Crippen LogP) is 4.03. The first-order chi connectivity index (χ1) is 16.6. The van der Waals surface area contributed by atoms with Crippen LogP contribution in [0.1, 0.15) is 41.8 Å². The zero-order valence-corrected chi connectivity index (χ0v) is 18.2. The highest BCUT2D eigenvalue weighted by Crippen LogP contribution is 2.40. The lowest BCUT2D eigenvalue weighted by atomic mass is 9.89. The van der Waals surface area contributed by atoms with Gasteiger partial charge in [0.1, 0.15) is 29.8 Å². The van der Waals surface area contributed by atoms with Crippen LogP contribution in [0.25, 0.3) is 21.9 Å². The van der Waals surface area contributed by atoms with E-state index in [0.29, 0.717) is 34.3 Å². The molecule has 34 heavy (non-hydrogen) atoms. The second-order valence-electron chi connectivity index (χ2n) is 8.67. The number of halogens is 1. The molecule has 5 aromatic rings. The normalized spacial score (nSPS) is 18.9. The summed E-state index contributed by atoms with van der Waals surface area (Å²) in [6, 6.07) is 14.5. The van der Waals surface area contributed by atoms with Crippen LogP contribution in [0.15, 0.2) is 61.1 Å². The quantitative estimate of drug-likeness (QED) is 0.354. The van der Waals surface area contributed by atoms with Gasteiger partial charge in [-0.3, -0.25) is 0 Å². The molecule has 0 aliphatic heterocycles. The van der Waals surface area contributed by atoms with E-state index in [4.69, 9.17) is 15.6 Å². The first-order valence-electron chi connectivity index (χ1n) is 11.2. The highest BCUT2D eigenvalue weighted by molar-refractivity contribution is 5.90. The van der Waals surface area contributed by atoms with Gasteiger partial charge in [0, 0.05) is 22.7 Å². The molecule has 0 saturated heterocycles. The highest BCUT2D eigenvalue weighted by Gasteiger charge is 2.35. The van der Waals surface area contributed by atoms with Crippen molar-refractivity contribution >= 4 is 27.8 Å². The number of fused-ring (bicyclic) bond motifs is 2.